The van der Waals surface area contributed by atoms with Crippen molar-refractivity contribution in [1.29, 1.82) is 0 Å². The van der Waals surface area contributed by atoms with Crippen LogP contribution in [0.15, 0.2) is 41.4 Å². The number of aliphatic imine (C=N–C) groups is 1. The number of nitrogens with zero attached hydrogens (tertiary/aromatic N) is 2. The molecule has 0 saturated carbocycles. The molecule has 1 unspecified atom stereocenters. The van der Waals surface area contributed by atoms with Crippen LogP contribution in [0.2, 0.25) is 0 Å². The van der Waals surface area contributed by atoms with Gasteiger partial charge in [-0.2, -0.15) is 8.78 Å². The Balaban J connectivity index is 2.24. The SMILES string of the molecule is Cc1cc(F)cc(C2(c3ccc(OC(F)F)c(C)c3)N=C(N)N(C)C2=O)c1. The summed E-state index contributed by atoms with van der Waals surface area (Å²) in [4.78, 5) is 18.6. The number of hydrogen-bond acceptors (Lipinski definition) is 4. The first-order valence-electron chi connectivity index (χ1n) is 8.12. The second-order valence-electron chi connectivity index (χ2n) is 6.42. The molecule has 0 aliphatic carbocycles. The van der Waals surface area contributed by atoms with Gasteiger partial charge in [-0.05, 0) is 60.4 Å². The van der Waals surface area contributed by atoms with Crippen molar-refractivity contribution < 1.29 is 22.7 Å². The maximum Gasteiger partial charge on any atom is 0.387 e. The fourth-order valence-electron chi connectivity index (χ4n) is 3.23. The van der Waals surface area contributed by atoms with E-state index in [0.717, 1.165) is 0 Å². The molecule has 27 heavy (non-hydrogen) atoms. The number of benzene rings is 2. The number of guanidine groups is 1. The lowest BCUT2D eigenvalue weighted by atomic mass is 9.81. The van der Waals surface area contributed by atoms with Crippen LogP contribution in [0.25, 0.3) is 0 Å². The van der Waals surface area contributed by atoms with Crippen LogP contribution in [0.1, 0.15) is 22.3 Å². The summed E-state index contributed by atoms with van der Waals surface area (Å²) < 4.78 is 43.6. The van der Waals surface area contributed by atoms with Gasteiger partial charge in [-0.3, -0.25) is 9.69 Å². The molecule has 1 heterocycles. The zero-order valence-corrected chi connectivity index (χ0v) is 15.0. The fraction of sp³-hybridized carbons (Fsp3) is 0.263. The van der Waals surface area contributed by atoms with E-state index in [-0.39, 0.29) is 11.7 Å². The molecule has 0 saturated heterocycles. The maximum atomic E-state index is 14.1. The van der Waals surface area contributed by atoms with Crippen molar-refractivity contribution in [1.82, 2.24) is 4.90 Å². The molecule has 142 valence electrons. The van der Waals surface area contributed by atoms with Gasteiger partial charge in [-0.25, -0.2) is 9.38 Å². The second-order valence-corrected chi connectivity index (χ2v) is 6.42. The molecule has 1 atom stereocenters. The van der Waals surface area contributed by atoms with Crippen molar-refractivity contribution in [3.8, 4) is 5.75 Å². The zero-order chi connectivity index (χ0) is 19.9. The Morgan fingerprint density at radius 3 is 2.37 bits per heavy atom. The molecule has 2 N–H and O–H groups in total. The van der Waals surface area contributed by atoms with E-state index >= 15 is 0 Å². The molecule has 0 bridgehead atoms. The predicted molar refractivity (Wildman–Crippen MR) is 94.1 cm³/mol. The molecule has 3 rings (SSSR count). The number of carbonyl (C=O) groups excluding carboxylic acids is 1. The van der Waals surface area contributed by atoms with Crippen LogP contribution in [0, 0.1) is 19.7 Å². The van der Waals surface area contributed by atoms with Crippen LogP contribution in [0.3, 0.4) is 0 Å². The number of aryl methyl sites for hydroxylation is 2. The van der Waals surface area contributed by atoms with Gasteiger partial charge in [0.25, 0.3) is 5.91 Å². The molecule has 0 aromatic heterocycles. The summed E-state index contributed by atoms with van der Waals surface area (Å²) in [7, 11) is 1.47. The Morgan fingerprint density at radius 2 is 1.85 bits per heavy atom. The van der Waals surface area contributed by atoms with E-state index in [1.807, 2.05) is 0 Å². The van der Waals surface area contributed by atoms with Crippen LogP contribution >= 0.6 is 0 Å². The molecule has 0 spiro atoms. The smallest absolute Gasteiger partial charge is 0.387 e. The first-order chi connectivity index (χ1) is 12.6. The van der Waals surface area contributed by atoms with Gasteiger partial charge < -0.3 is 10.5 Å². The number of rotatable bonds is 4. The van der Waals surface area contributed by atoms with Gasteiger partial charge in [0.15, 0.2) is 11.5 Å². The van der Waals surface area contributed by atoms with Crippen LogP contribution in [-0.2, 0) is 10.3 Å². The molecule has 1 aliphatic rings. The van der Waals surface area contributed by atoms with Crippen molar-refractivity contribution in [2.24, 2.45) is 10.7 Å². The highest BCUT2D eigenvalue weighted by atomic mass is 19.3. The third kappa shape index (κ3) is 3.11. The normalized spacial score (nSPS) is 19.6. The number of likely N-dealkylation sites (N-methyl/N-ethyl adjacent to an activating group) is 1. The van der Waals surface area contributed by atoms with Gasteiger partial charge in [0.05, 0.1) is 0 Å². The van der Waals surface area contributed by atoms with Crippen LogP contribution in [-0.4, -0.2) is 30.4 Å². The quantitative estimate of drug-likeness (QED) is 0.890. The van der Waals surface area contributed by atoms with E-state index in [9.17, 15) is 18.0 Å². The minimum Gasteiger partial charge on any atom is -0.435 e. The minimum atomic E-state index is -2.97. The Hall–Kier alpha value is -3.03. The lowest BCUT2D eigenvalue weighted by Gasteiger charge is -2.27. The summed E-state index contributed by atoms with van der Waals surface area (Å²) in [5.74, 6) is -1.02. The summed E-state index contributed by atoms with van der Waals surface area (Å²) in [5.41, 5.74) is 5.94. The van der Waals surface area contributed by atoms with E-state index < -0.39 is 23.9 Å². The van der Waals surface area contributed by atoms with Crippen LogP contribution in [0.5, 0.6) is 5.75 Å². The molecule has 1 amide bonds. The van der Waals surface area contributed by atoms with E-state index in [1.54, 1.807) is 19.9 Å². The molecular formula is C19H18F3N3O2. The van der Waals surface area contributed by atoms with Crippen LogP contribution < -0.4 is 10.5 Å². The van der Waals surface area contributed by atoms with Crippen molar-refractivity contribution in [3.63, 3.8) is 0 Å². The van der Waals surface area contributed by atoms with Gasteiger partial charge in [0.2, 0.25) is 0 Å². The highest BCUT2D eigenvalue weighted by Crippen LogP contribution is 2.41. The Bertz CT molecular complexity index is 926. The number of amides is 1. The van der Waals surface area contributed by atoms with E-state index in [4.69, 9.17) is 5.73 Å². The summed E-state index contributed by atoms with van der Waals surface area (Å²) in [6, 6.07) is 8.51. The average molecular weight is 377 g/mol. The first kappa shape index (κ1) is 18.8. The standard InChI is InChI=1S/C19H18F3N3O2/c1-10-6-13(9-14(20)7-10)19(16(26)25(3)18(23)24-19)12-4-5-15(11(2)8-12)27-17(21)22/h4-9,17H,1-3H3,(H2,23,24). The molecule has 5 nitrogen and oxygen atoms in total. The van der Waals surface area contributed by atoms with Gasteiger partial charge >= 0.3 is 6.61 Å². The maximum absolute atomic E-state index is 14.1. The van der Waals surface area contributed by atoms with Crippen LogP contribution in [0.4, 0.5) is 13.2 Å². The Kier molecular flexibility index (Phi) is 4.59. The molecule has 2 aromatic carbocycles. The molecule has 0 fully saturated rings. The third-order valence-corrected chi connectivity index (χ3v) is 4.51. The highest BCUT2D eigenvalue weighted by molar-refractivity contribution is 6.08. The molecule has 2 aromatic rings. The van der Waals surface area contributed by atoms with E-state index in [2.05, 4.69) is 9.73 Å². The van der Waals surface area contributed by atoms with E-state index in [0.29, 0.717) is 22.3 Å². The lowest BCUT2D eigenvalue weighted by molar-refractivity contribution is -0.129. The van der Waals surface area contributed by atoms with Crippen molar-refractivity contribution in [3.05, 3.63) is 64.5 Å². The minimum absolute atomic E-state index is 0.0184. The summed E-state index contributed by atoms with van der Waals surface area (Å²) in [5, 5.41) is 0. The predicted octanol–water partition coefficient (Wildman–Crippen LogP) is 3.07. The first-order valence-corrected chi connectivity index (χ1v) is 8.12. The van der Waals surface area contributed by atoms with Crippen molar-refractivity contribution >= 4 is 11.9 Å². The summed E-state index contributed by atoms with van der Waals surface area (Å²) in [6.07, 6.45) is 0. The van der Waals surface area contributed by atoms with Gasteiger partial charge in [0.1, 0.15) is 11.6 Å². The van der Waals surface area contributed by atoms with E-state index in [1.165, 1.54) is 42.3 Å². The lowest BCUT2D eigenvalue weighted by Crippen LogP contribution is -2.41. The number of carbonyl (C=O) groups is 1. The average Bonchev–Trinajstić information content (AvgIpc) is 2.80. The zero-order valence-electron chi connectivity index (χ0n) is 15.0. The number of alkyl halides is 2. The number of hydrogen-bond donors (Lipinski definition) is 1. The number of ether oxygens (including phenoxy) is 1. The molecule has 0 radical (unpaired) electrons. The second kappa shape index (κ2) is 6.61. The molecular weight excluding hydrogens is 359 g/mol. The number of nitrogens with two attached hydrogens (primary N) is 1. The van der Waals surface area contributed by atoms with Crippen molar-refractivity contribution in [2.45, 2.75) is 26.0 Å². The topological polar surface area (TPSA) is 67.9 Å². The monoisotopic (exact) mass is 377 g/mol. The van der Waals surface area contributed by atoms with Gasteiger partial charge in [-0.15, -0.1) is 0 Å². The Labute approximate surface area is 154 Å². The highest BCUT2D eigenvalue weighted by Gasteiger charge is 2.49. The summed E-state index contributed by atoms with van der Waals surface area (Å²) >= 11 is 0. The fourth-order valence-corrected chi connectivity index (χ4v) is 3.23. The largest absolute Gasteiger partial charge is 0.435 e. The third-order valence-electron chi connectivity index (χ3n) is 4.51. The Morgan fingerprint density at radius 1 is 1.15 bits per heavy atom. The summed E-state index contributed by atoms with van der Waals surface area (Å²) in [6.45, 7) is 0.297. The molecule has 1 aliphatic heterocycles. The van der Waals surface area contributed by atoms with Gasteiger partial charge in [0, 0.05) is 7.05 Å². The van der Waals surface area contributed by atoms with Gasteiger partial charge in [-0.1, -0.05) is 12.1 Å². The van der Waals surface area contributed by atoms with Crippen molar-refractivity contribution in [2.75, 3.05) is 7.05 Å². The number of halogens is 3. The molecule has 8 heteroatoms.